The number of nitrogens with one attached hydrogen (secondary N) is 1. The number of rotatable bonds is 8. The summed E-state index contributed by atoms with van der Waals surface area (Å²) in [5, 5.41) is 3.33. The van der Waals surface area contributed by atoms with Crippen molar-refractivity contribution in [2.24, 2.45) is 5.73 Å². The molecule has 33 heavy (non-hydrogen) atoms. The summed E-state index contributed by atoms with van der Waals surface area (Å²) in [5.41, 5.74) is 8.79. The fourth-order valence-corrected chi connectivity index (χ4v) is 4.75. The van der Waals surface area contributed by atoms with Crippen molar-refractivity contribution in [3.8, 4) is 0 Å². The predicted octanol–water partition coefficient (Wildman–Crippen LogP) is 4.39. The number of amides is 1. The highest BCUT2D eigenvalue weighted by Crippen LogP contribution is 2.33. The van der Waals surface area contributed by atoms with Crippen molar-refractivity contribution in [1.29, 1.82) is 0 Å². The van der Waals surface area contributed by atoms with E-state index in [0.717, 1.165) is 38.0 Å². The molecule has 1 fully saturated rings. The lowest BCUT2D eigenvalue weighted by molar-refractivity contribution is -0.124. The van der Waals surface area contributed by atoms with Gasteiger partial charge in [-0.15, -0.1) is 0 Å². The lowest BCUT2D eigenvalue weighted by Gasteiger charge is -2.43. The van der Waals surface area contributed by atoms with Crippen LogP contribution in [-0.4, -0.2) is 29.9 Å². The minimum Gasteiger partial charge on any atom is -0.346 e. The van der Waals surface area contributed by atoms with Gasteiger partial charge in [0.15, 0.2) is 0 Å². The third-order valence-corrected chi connectivity index (χ3v) is 6.55. The molecular formula is C28H32FN3O. The Morgan fingerprint density at radius 3 is 2.21 bits per heavy atom. The van der Waals surface area contributed by atoms with Crippen LogP contribution in [0.2, 0.25) is 0 Å². The summed E-state index contributed by atoms with van der Waals surface area (Å²) >= 11 is 0. The van der Waals surface area contributed by atoms with Crippen LogP contribution >= 0.6 is 0 Å². The summed E-state index contributed by atoms with van der Waals surface area (Å²) in [6.07, 6.45) is 2.16. The third kappa shape index (κ3) is 6.06. The number of carbonyl (C=O) groups excluding carboxylic acids is 1. The summed E-state index contributed by atoms with van der Waals surface area (Å²) in [4.78, 5) is 15.5. The van der Waals surface area contributed by atoms with Crippen molar-refractivity contribution in [3.63, 3.8) is 0 Å². The van der Waals surface area contributed by atoms with Crippen molar-refractivity contribution in [3.05, 3.63) is 107 Å². The van der Waals surface area contributed by atoms with Gasteiger partial charge in [-0.25, -0.2) is 4.39 Å². The van der Waals surface area contributed by atoms with Crippen LogP contribution in [0.5, 0.6) is 0 Å². The summed E-state index contributed by atoms with van der Waals surface area (Å²) in [5.74, 6) is -0.362. The molecule has 1 atom stereocenters. The second-order valence-electron chi connectivity index (χ2n) is 9.02. The zero-order chi connectivity index (χ0) is 23.1. The molecule has 1 amide bonds. The first-order valence-electron chi connectivity index (χ1n) is 11.7. The number of halogens is 1. The molecule has 0 aliphatic carbocycles. The van der Waals surface area contributed by atoms with Crippen LogP contribution < -0.4 is 11.1 Å². The number of piperidine rings is 1. The number of nitrogens with two attached hydrogens (primary N) is 1. The van der Waals surface area contributed by atoms with Crippen molar-refractivity contribution in [2.75, 3.05) is 13.1 Å². The third-order valence-electron chi connectivity index (χ3n) is 6.55. The van der Waals surface area contributed by atoms with Gasteiger partial charge in [0.1, 0.15) is 5.82 Å². The lowest BCUT2D eigenvalue weighted by Crippen LogP contribution is -2.53. The largest absolute Gasteiger partial charge is 0.346 e. The van der Waals surface area contributed by atoms with Gasteiger partial charge >= 0.3 is 0 Å². The number of carbonyl (C=O) groups is 1. The molecule has 0 radical (unpaired) electrons. The Bertz CT molecular complexity index is 1030. The Balaban J connectivity index is 1.41. The second-order valence-corrected chi connectivity index (χ2v) is 9.02. The maximum absolute atomic E-state index is 14.0. The monoisotopic (exact) mass is 445 g/mol. The summed E-state index contributed by atoms with van der Waals surface area (Å²) < 4.78 is 14.0. The van der Waals surface area contributed by atoms with Gasteiger partial charge in [-0.05, 0) is 42.0 Å². The number of nitrogens with zero attached hydrogens (tertiary/aromatic N) is 1. The van der Waals surface area contributed by atoms with Crippen molar-refractivity contribution in [1.82, 2.24) is 10.2 Å². The van der Waals surface area contributed by atoms with Crippen LogP contribution in [0.3, 0.4) is 0 Å². The van der Waals surface area contributed by atoms with E-state index >= 15 is 0 Å². The normalized spacial score (nSPS) is 16.8. The molecule has 4 rings (SSSR count). The van der Waals surface area contributed by atoms with Gasteiger partial charge in [0, 0.05) is 32.1 Å². The number of hydrogen-bond donors (Lipinski definition) is 2. The highest BCUT2D eigenvalue weighted by atomic mass is 19.1. The van der Waals surface area contributed by atoms with E-state index in [9.17, 15) is 9.18 Å². The Morgan fingerprint density at radius 1 is 0.939 bits per heavy atom. The van der Waals surface area contributed by atoms with E-state index in [1.54, 1.807) is 18.2 Å². The smallest absolute Gasteiger partial charge is 0.222 e. The fourth-order valence-electron chi connectivity index (χ4n) is 4.75. The summed E-state index contributed by atoms with van der Waals surface area (Å²) in [6, 6.07) is 26.8. The molecule has 5 heteroatoms. The van der Waals surface area contributed by atoms with E-state index in [2.05, 4.69) is 46.6 Å². The zero-order valence-electron chi connectivity index (χ0n) is 18.9. The zero-order valence-corrected chi connectivity index (χ0v) is 18.9. The number of hydrogen-bond acceptors (Lipinski definition) is 3. The molecule has 0 spiro atoms. The highest BCUT2D eigenvalue weighted by Gasteiger charge is 2.37. The molecular weight excluding hydrogens is 413 g/mol. The van der Waals surface area contributed by atoms with Gasteiger partial charge in [-0.2, -0.15) is 0 Å². The van der Waals surface area contributed by atoms with Crippen molar-refractivity contribution < 1.29 is 9.18 Å². The quantitative estimate of drug-likeness (QED) is 0.541. The van der Waals surface area contributed by atoms with E-state index in [0.29, 0.717) is 12.0 Å². The van der Waals surface area contributed by atoms with Crippen LogP contribution in [0.15, 0.2) is 84.9 Å². The summed E-state index contributed by atoms with van der Waals surface area (Å²) in [7, 11) is 0. The highest BCUT2D eigenvalue weighted by molar-refractivity contribution is 5.77. The molecule has 1 saturated heterocycles. The van der Waals surface area contributed by atoms with E-state index in [4.69, 9.17) is 5.73 Å². The lowest BCUT2D eigenvalue weighted by atomic mass is 9.80. The Morgan fingerprint density at radius 2 is 1.55 bits per heavy atom. The molecule has 1 heterocycles. The van der Waals surface area contributed by atoms with Gasteiger partial charge in [0.2, 0.25) is 5.91 Å². The molecule has 0 bridgehead atoms. The molecule has 1 aliphatic rings. The molecule has 0 unspecified atom stereocenters. The minimum atomic E-state index is -0.437. The number of likely N-dealkylation sites (tertiary alicyclic amines) is 1. The molecule has 3 N–H and O–H groups in total. The molecule has 4 nitrogen and oxygen atoms in total. The number of benzene rings is 3. The Kier molecular flexibility index (Phi) is 7.53. The standard InChI is InChI=1S/C28H32FN3O/c29-26-14-8-7-11-23(26)19-25(30)20-27(33)31-28(24-12-5-2-6-13-24)15-17-32(18-16-28)21-22-9-3-1-4-10-22/h1-14,25H,15-21,30H2,(H,31,33)/t25-/m1/s1. The minimum absolute atomic E-state index is 0.0841. The van der Waals surface area contributed by atoms with Crippen LogP contribution in [0, 0.1) is 5.82 Å². The van der Waals surface area contributed by atoms with Gasteiger partial charge < -0.3 is 11.1 Å². The van der Waals surface area contributed by atoms with Gasteiger partial charge in [-0.3, -0.25) is 9.69 Å². The Labute approximate surface area is 195 Å². The van der Waals surface area contributed by atoms with Crippen LogP contribution in [0.25, 0.3) is 0 Å². The van der Waals surface area contributed by atoms with E-state index in [-0.39, 0.29) is 18.1 Å². The van der Waals surface area contributed by atoms with E-state index < -0.39 is 11.6 Å². The SMILES string of the molecule is N[C@@H](CC(=O)NC1(c2ccccc2)CCN(Cc2ccccc2)CC1)Cc1ccccc1F. The molecule has 3 aromatic carbocycles. The average molecular weight is 446 g/mol. The molecule has 0 aromatic heterocycles. The molecule has 172 valence electrons. The first-order valence-corrected chi connectivity index (χ1v) is 11.7. The maximum Gasteiger partial charge on any atom is 0.222 e. The van der Waals surface area contributed by atoms with Gasteiger partial charge in [-0.1, -0.05) is 78.9 Å². The van der Waals surface area contributed by atoms with Gasteiger partial charge in [0.05, 0.1) is 5.54 Å². The second kappa shape index (κ2) is 10.7. The Hall–Kier alpha value is -3.02. The van der Waals surface area contributed by atoms with E-state index in [1.165, 1.54) is 11.6 Å². The van der Waals surface area contributed by atoms with Crippen LogP contribution in [0.1, 0.15) is 36.0 Å². The van der Waals surface area contributed by atoms with Crippen molar-refractivity contribution in [2.45, 2.75) is 43.8 Å². The summed E-state index contributed by atoms with van der Waals surface area (Å²) in [6.45, 7) is 2.70. The van der Waals surface area contributed by atoms with E-state index in [1.807, 2.05) is 24.3 Å². The van der Waals surface area contributed by atoms with Crippen molar-refractivity contribution >= 4 is 5.91 Å². The molecule has 0 saturated carbocycles. The topological polar surface area (TPSA) is 58.4 Å². The van der Waals surface area contributed by atoms with Gasteiger partial charge in [0.25, 0.3) is 0 Å². The van der Waals surface area contributed by atoms with Crippen LogP contribution in [0.4, 0.5) is 4.39 Å². The first kappa shape index (κ1) is 23.1. The van der Waals surface area contributed by atoms with Crippen LogP contribution in [-0.2, 0) is 23.3 Å². The molecule has 3 aromatic rings. The maximum atomic E-state index is 14.0. The average Bonchev–Trinajstić information content (AvgIpc) is 2.83. The predicted molar refractivity (Wildman–Crippen MR) is 130 cm³/mol. The first-order chi connectivity index (χ1) is 16.0. The molecule has 1 aliphatic heterocycles. The fraction of sp³-hybridized carbons (Fsp3) is 0.321.